The molecule has 0 amide bonds. The molecule has 1 saturated carbocycles. The summed E-state index contributed by atoms with van der Waals surface area (Å²) in [6, 6.07) is 13.4. The quantitative estimate of drug-likeness (QED) is 0.398. The second-order valence-electron chi connectivity index (χ2n) is 9.45. The molecule has 3 fully saturated rings. The number of rotatable bonds is 3. The van der Waals surface area contributed by atoms with Crippen molar-refractivity contribution < 1.29 is 17.9 Å². The van der Waals surface area contributed by atoms with Gasteiger partial charge in [0, 0.05) is 17.9 Å². The van der Waals surface area contributed by atoms with Crippen LogP contribution in [0.3, 0.4) is 0 Å². The maximum Gasteiger partial charge on any atom is 0.310 e. The molecule has 0 spiro atoms. The number of allylic oxidation sites excluding steroid dienone is 1. The Labute approximate surface area is 200 Å². The number of fused-ring (bicyclic) bond motifs is 4. The maximum atomic E-state index is 13.8. The number of ether oxygens (including phenoxy) is 1. The molecule has 5 rings (SSSR count). The first-order valence-electron chi connectivity index (χ1n) is 11.6. The van der Waals surface area contributed by atoms with E-state index in [1.165, 1.54) is 4.31 Å². The average molecular weight is 480 g/mol. The molecular formula is C26H29N3O4S. The number of cyclic esters (lactones) is 1. The van der Waals surface area contributed by atoms with Gasteiger partial charge in [-0.25, -0.2) is 8.42 Å². The zero-order chi connectivity index (χ0) is 24.3. The highest BCUT2D eigenvalue weighted by molar-refractivity contribution is 7.89. The van der Waals surface area contributed by atoms with E-state index in [0.29, 0.717) is 24.1 Å². The molecule has 34 heavy (non-hydrogen) atoms. The van der Waals surface area contributed by atoms with E-state index in [-0.39, 0.29) is 35.6 Å². The Balaban J connectivity index is 1.70. The number of carbonyl (C=O) groups excluding carboxylic acids is 1. The van der Waals surface area contributed by atoms with Gasteiger partial charge in [0.1, 0.15) is 0 Å². The topological polar surface area (TPSA) is 114 Å². The highest BCUT2D eigenvalue weighted by Crippen LogP contribution is 2.55. The number of nitrogen functional groups attached to an aromatic ring is 1. The first kappa shape index (κ1) is 22.8. The maximum absolute atomic E-state index is 13.8. The Morgan fingerprint density at radius 2 is 1.88 bits per heavy atom. The fraction of sp³-hybridized carbons (Fsp3) is 0.385. The molecule has 2 bridgehead atoms. The molecule has 2 aliphatic heterocycles. The number of esters is 1. The van der Waals surface area contributed by atoms with Gasteiger partial charge in [0.2, 0.25) is 10.0 Å². The minimum Gasteiger partial charge on any atom is -0.465 e. The first-order chi connectivity index (χ1) is 16.2. The van der Waals surface area contributed by atoms with Crippen molar-refractivity contribution in [3.63, 3.8) is 0 Å². The van der Waals surface area contributed by atoms with E-state index in [1.54, 1.807) is 30.3 Å². The van der Waals surface area contributed by atoms with Gasteiger partial charge >= 0.3 is 5.97 Å². The van der Waals surface area contributed by atoms with Crippen LogP contribution in [0.25, 0.3) is 0 Å². The van der Waals surface area contributed by atoms with Crippen LogP contribution >= 0.6 is 0 Å². The van der Waals surface area contributed by atoms with Crippen LogP contribution in [0.2, 0.25) is 0 Å². The molecule has 0 radical (unpaired) electrons. The molecule has 2 aromatic carbocycles. The van der Waals surface area contributed by atoms with Gasteiger partial charge in [0.05, 0.1) is 28.9 Å². The van der Waals surface area contributed by atoms with Crippen LogP contribution in [0.15, 0.2) is 65.1 Å². The second-order valence-corrected chi connectivity index (χ2v) is 11.3. The van der Waals surface area contributed by atoms with Crippen molar-refractivity contribution >= 4 is 27.4 Å². The van der Waals surface area contributed by atoms with Crippen LogP contribution in [-0.4, -0.2) is 43.6 Å². The summed E-state index contributed by atoms with van der Waals surface area (Å²) >= 11 is 0. The lowest BCUT2D eigenvalue weighted by Gasteiger charge is -2.57. The Hall–Kier alpha value is -2.97. The zero-order valence-electron chi connectivity index (χ0n) is 19.3. The monoisotopic (exact) mass is 479 g/mol. The second kappa shape index (κ2) is 8.06. The molecule has 3 N–H and O–H groups in total. The van der Waals surface area contributed by atoms with Crippen molar-refractivity contribution in [1.29, 1.82) is 5.41 Å². The number of carbonyl (C=O) groups is 1. The van der Waals surface area contributed by atoms with E-state index in [2.05, 4.69) is 0 Å². The largest absolute Gasteiger partial charge is 0.465 e. The third-order valence-corrected chi connectivity index (χ3v) is 9.69. The summed E-state index contributed by atoms with van der Waals surface area (Å²) in [7, 11) is -3.87. The number of nitrogens with zero attached hydrogens (tertiary/aromatic N) is 1. The van der Waals surface area contributed by atoms with Gasteiger partial charge in [-0.05, 0) is 56.4 Å². The lowest BCUT2D eigenvalue weighted by atomic mass is 9.51. The third-order valence-electron chi connectivity index (χ3n) is 7.82. The highest BCUT2D eigenvalue weighted by atomic mass is 32.2. The minimum atomic E-state index is -3.87. The van der Waals surface area contributed by atoms with Crippen LogP contribution in [0, 0.1) is 24.2 Å². The smallest absolute Gasteiger partial charge is 0.310 e. The third kappa shape index (κ3) is 3.15. The molecule has 2 saturated heterocycles. The minimum absolute atomic E-state index is 0.147. The van der Waals surface area contributed by atoms with Crippen molar-refractivity contribution in [2.24, 2.45) is 11.8 Å². The molecule has 0 unspecified atom stereocenters. The number of anilines is 1. The number of piperidine rings is 1. The summed E-state index contributed by atoms with van der Waals surface area (Å²) in [5.41, 5.74) is 8.69. The average Bonchev–Trinajstić information content (AvgIpc) is 2.82. The molecule has 8 heteroatoms. The van der Waals surface area contributed by atoms with E-state index < -0.39 is 27.4 Å². The van der Waals surface area contributed by atoms with Crippen LogP contribution in [-0.2, 0) is 25.0 Å². The fourth-order valence-corrected chi connectivity index (χ4v) is 7.75. The van der Waals surface area contributed by atoms with Gasteiger partial charge < -0.3 is 15.9 Å². The first-order valence-corrected chi connectivity index (χ1v) is 13.0. The summed E-state index contributed by atoms with van der Waals surface area (Å²) < 4.78 is 34.6. The summed E-state index contributed by atoms with van der Waals surface area (Å²) in [6.07, 6.45) is 2.69. The van der Waals surface area contributed by atoms with Crippen LogP contribution in [0.1, 0.15) is 30.9 Å². The molecule has 0 aromatic heterocycles. The van der Waals surface area contributed by atoms with Gasteiger partial charge in [-0.2, -0.15) is 4.31 Å². The van der Waals surface area contributed by atoms with Crippen LogP contribution in [0.4, 0.5) is 5.69 Å². The van der Waals surface area contributed by atoms with Crippen LogP contribution in [0.5, 0.6) is 0 Å². The molecule has 1 aliphatic carbocycles. The number of nitrogens with two attached hydrogens (primary N) is 1. The van der Waals surface area contributed by atoms with E-state index in [4.69, 9.17) is 10.5 Å². The van der Waals surface area contributed by atoms with Crippen molar-refractivity contribution in [3.05, 3.63) is 71.3 Å². The van der Waals surface area contributed by atoms with E-state index in [0.717, 1.165) is 11.1 Å². The van der Waals surface area contributed by atoms with Crippen molar-refractivity contribution in [3.8, 4) is 0 Å². The van der Waals surface area contributed by atoms with E-state index >= 15 is 0 Å². The SMILES string of the molecule is C/C=C1/CN(S(=O)(=O)c2ccc(C)cc2)[C@H]2C[C@@H]1[C@H]1C(=O)OCC[C@@]1(c1ccccc1N)C2=N. The van der Waals surface area contributed by atoms with E-state index in [9.17, 15) is 18.6 Å². The summed E-state index contributed by atoms with van der Waals surface area (Å²) in [6.45, 7) is 4.10. The zero-order valence-corrected chi connectivity index (χ0v) is 20.1. The summed E-state index contributed by atoms with van der Waals surface area (Å²) in [5.74, 6) is -1.16. The van der Waals surface area contributed by atoms with Crippen molar-refractivity contribution in [2.45, 2.75) is 43.0 Å². The molecule has 3 aliphatic rings. The van der Waals surface area contributed by atoms with E-state index in [1.807, 2.05) is 38.1 Å². The Morgan fingerprint density at radius 1 is 1.18 bits per heavy atom. The Kier molecular flexibility index (Phi) is 5.41. The predicted molar refractivity (Wildman–Crippen MR) is 130 cm³/mol. The number of sulfonamides is 1. The Morgan fingerprint density at radius 3 is 2.56 bits per heavy atom. The predicted octanol–water partition coefficient (Wildman–Crippen LogP) is 3.44. The summed E-state index contributed by atoms with van der Waals surface area (Å²) in [4.78, 5) is 13.4. The van der Waals surface area contributed by atoms with Gasteiger partial charge in [0.15, 0.2) is 0 Å². The molecule has 2 aromatic rings. The van der Waals surface area contributed by atoms with Gasteiger partial charge in [-0.3, -0.25) is 4.79 Å². The molecule has 2 heterocycles. The number of hydrogen-bond donors (Lipinski definition) is 2. The number of nitrogens with one attached hydrogen (secondary N) is 1. The number of aryl methyl sites for hydroxylation is 1. The van der Waals surface area contributed by atoms with Crippen molar-refractivity contribution in [2.75, 3.05) is 18.9 Å². The highest BCUT2D eigenvalue weighted by Gasteiger charge is 2.63. The van der Waals surface area contributed by atoms with Gasteiger partial charge in [-0.15, -0.1) is 0 Å². The molecule has 4 atom stereocenters. The van der Waals surface area contributed by atoms with Crippen LogP contribution < -0.4 is 5.73 Å². The Bertz CT molecular complexity index is 1300. The van der Waals surface area contributed by atoms with Crippen molar-refractivity contribution in [1.82, 2.24) is 4.31 Å². The number of para-hydroxylation sites is 1. The lowest BCUT2D eigenvalue weighted by Crippen LogP contribution is -2.67. The van der Waals surface area contributed by atoms with Gasteiger partial charge in [0.25, 0.3) is 0 Å². The fourth-order valence-electron chi connectivity index (χ4n) is 6.15. The molecular weight excluding hydrogens is 450 g/mol. The molecule has 7 nitrogen and oxygen atoms in total. The lowest BCUT2D eigenvalue weighted by molar-refractivity contribution is -0.160. The summed E-state index contributed by atoms with van der Waals surface area (Å²) in [5, 5.41) is 9.41. The number of hydrogen-bond acceptors (Lipinski definition) is 6. The standard InChI is InChI=1S/C26H29N3O4S/c1-3-17-15-29(34(31,32)18-10-8-16(2)9-11-18)22-14-19(17)23-25(30)33-13-12-26(23,24(22)28)20-6-4-5-7-21(20)27/h3-11,19,22-23,28H,12-15,27H2,1-2H3/b17-3-,28-24?/t19-,22-,23-,26-/m0/s1. The normalized spacial score (nSPS) is 30.6. The molecule has 178 valence electrons. The van der Waals surface area contributed by atoms with Gasteiger partial charge in [-0.1, -0.05) is 47.5 Å². The number of benzene rings is 2.